The molecule has 2 fully saturated rings. The Kier molecular flexibility index (Phi) is 3.30. The van der Waals surface area contributed by atoms with Crippen LogP contribution in [0.15, 0.2) is 12.2 Å². The Morgan fingerprint density at radius 1 is 1.19 bits per heavy atom. The summed E-state index contributed by atoms with van der Waals surface area (Å²) >= 11 is 0. The minimum absolute atomic E-state index is 0.670. The van der Waals surface area contributed by atoms with E-state index in [9.17, 15) is 0 Å². The fraction of sp³-hybridized carbons (Fsp3) is 0.857. The Bertz CT molecular complexity index is 257. The Labute approximate surface area is 99.1 Å². The van der Waals surface area contributed by atoms with E-state index in [1.807, 2.05) is 0 Å². The molecule has 0 aromatic rings. The normalized spacial score (nSPS) is 35.8. The van der Waals surface area contributed by atoms with Crippen molar-refractivity contribution < 1.29 is 0 Å². The van der Waals surface area contributed by atoms with Crippen LogP contribution < -0.4 is 5.32 Å². The van der Waals surface area contributed by atoms with Gasteiger partial charge < -0.3 is 10.2 Å². The molecule has 1 aliphatic heterocycles. The second-order valence-electron chi connectivity index (χ2n) is 5.75. The summed E-state index contributed by atoms with van der Waals surface area (Å²) in [4.78, 5) is 2.71. The summed E-state index contributed by atoms with van der Waals surface area (Å²) in [6.45, 7) is 3.95. The first-order chi connectivity index (χ1) is 7.92. The van der Waals surface area contributed by atoms with Crippen LogP contribution >= 0.6 is 0 Å². The van der Waals surface area contributed by atoms with Gasteiger partial charge >= 0.3 is 0 Å². The van der Waals surface area contributed by atoms with Gasteiger partial charge in [-0.1, -0.05) is 12.2 Å². The fourth-order valence-corrected chi connectivity index (χ4v) is 3.10. The van der Waals surface area contributed by atoms with Gasteiger partial charge in [0, 0.05) is 18.6 Å². The number of allylic oxidation sites excluding steroid dienone is 1. The van der Waals surface area contributed by atoms with Gasteiger partial charge in [-0.05, 0) is 57.5 Å². The van der Waals surface area contributed by atoms with E-state index >= 15 is 0 Å². The van der Waals surface area contributed by atoms with E-state index in [4.69, 9.17) is 0 Å². The molecule has 1 saturated heterocycles. The number of hydrogen-bond donors (Lipinski definition) is 1. The van der Waals surface area contributed by atoms with Crippen LogP contribution in [0.1, 0.15) is 38.5 Å². The van der Waals surface area contributed by atoms with Crippen molar-refractivity contribution in [1.29, 1.82) is 0 Å². The van der Waals surface area contributed by atoms with Crippen molar-refractivity contribution in [3.8, 4) is 0 Å². The maximum Gasteiger partial charge on any atom is 0.0250 e. The zero-order chi connectivity index (χ0) is 10.8. The highest BCUT2D eigenvalue weighted by molar-refractivity contribution is 4.98. The molecule has 2 atom stereocenters. The van der Waals surface area contributed by atoms with Gasteiger partial charge in [0.2, 0.25) is 0 Å². The number of hydrogen-bond acceptors (Lipinski definition) is 2. The zero-order valence-corrected chi connectivity index (χ0v) is 10.2. The second-order valence-corrected chi connectivity index (χ2v) is 5.75. The lowest BCUT2D eigenvalue weighted by Crippen LogP contribution is -2.34. The zero-order valence-electron chi connectivity index (χ0n) is 10.2. The number of nitrogens with zero attached hydrogens (tertiary/aromatic N) is 1. The highest BCUT2D eigenvalue weighted by Crippen LogP contribution is 2.31. The largest absolute Gasteiger partial charge is 0.310 e. The molecule has 0 aromatic heterocycles. The molecule has 0 radical (unpaired) electrons. The maximum atomic E-state index is 3.73. The van der Waals surface area contributed by atoms with Crippen LogP contribution in [-0.2, 0) is 0 Å². The van der Waals surface area contributed by atoms with Crippen LogP contribution in [0.4, 0.5) is 0 Å². The van der Waals surface area contributed by atoms with Gasteiger partial charge in [-0.3, -0.25) is 0 Å². The van der Waals surface area contributed by atoms with Crippen molar-refractivity contribution in [3.63, 3.8) is 0 Å². The van der Waals surface area contributed by atoms with E-state index in [1.165, 1.54) is 58.2 Å². The van der Waals surface area contributed by atoms with E-state index in [0.717, 1.165) is 12.0 Å². The van der Waals surface area contributed by atoms with E-state index in [1.54, 1.807) is 0 Å². The molecule has 1 N–H and O–H groups in total. The van der Waals surface area contributed by atoms with Crippen LogP contribution in [0.2, 0.25) is 0 Å². The first-order valence-electron chi connectivity index (χ1n) is 7.06. The van der Waals surface area contributed by atoms with Crippen LogP contribution in [0, 0.1) is 5.92 Å². The predicted octanol–water partition coefficient (Wildman–Crippen LogP) is 2.17. The lowest BCUT2D eigenvalue weighted by Gasteiger charge is -2.21. The average Bonchev–Trinajstić information content (AvgIpc) is 3.08. The maximum absolute atomic E-state index is 3.73. The molecule has 16 heavy (non-hydrogen) atoms. The molecule has 1 heterocycles. The fourth-order valence-electron chi connectivity index (χ4n) is 3.10. The van der Waals surface area contributed by atoms with Crippen LogP contribution in [-0.4, -0.2) is 36.6 Å². The minimum atomic E-state index is 0.670. The van der Waals surface area contributed by atoms with Gasteiger partial charge in [0.1, 0.15) is 0 Å². The Hall–Kier alpha value is -0.340. The van der Waals surface area contributed by atoms with Crippen molar-refractivity contribution in [2.24, 2.45) is 5.92 Å². The summed E-state index contributed by atoms with van der Waals surface area (Å²) in [5, 5.41) is 3.73. The third-order valence-electron chi connectivity index (χ3n) is 4.30. The van der Waals surface area contributed by atoms with Gasteiger partial charge in [0.25, 0.3) is 0 Å². The number of rotatable bonds is 4. The molecule has 1 saturated carbocycles. The first kappa shape index (κ1) is 10.8. The summed E-state index contributed by atoms with van der Waals surface area (Å²) in [5.74, 6) is 0.913. The minimum Gasteiger partial charge on any atom is -0.310 e. The van der Waals surface area contributed by atoms with Crippen molar-refractivity contribution in [2.45, 2.75) is 50.6 Å². The topological polar surface area (TPSA) is 15.3 Å². The smallest absolute Gasteiger partial charge is 0.0250 e. The molecule has 2 aliphatic carbocycles. The molecule has 0 bridgehead atoms. The molecule has 2 heteroatoms. The summed E-state index contributed by atoms with van der Waals surface area (Å²) < 4.78 is 0. The van der Waals surface area contributed by atoms with Gasteiger partial charge in [-0.2, -0.15) is 0 Å². The summed E-state index contributed by atoms with van der Waals surface area (Å²) in [5.41, 5.74) is 0. The van der Waals surface area contributed by atoms with Gasteiger partial charge in [0.15, 0.2) is 0 Å². The third-order valence-corrected chi connectivity index (χ3v) is 4.30. The summed E-state index contributed by atoms with van der Waals surface area (Å²) in [7, 11) is 0. The molecule has 3 rings (SSSR count). The van der Waals surface area contributed by atoms with Crippen molar-refractivity contribution in [2.75, 3.05) is 19.6 Å². The molecule has 90 valence electrons. The Morgan fingerprint density at radius 3 is 2.88 bits per heavy atom. The van der Waals surface area contributed by atoms with Gasteiger partial charge in [-0.25, -0.2) is 0 Å². The molecule has 0 amide bonds. The van der Waals surface area contributed by atoms with Crippen LogP contribution in [0.5, 0.6) is 0 Å². The SMILES string of the molecule is C1=CC(NCC2CCN(C3CC3)C2)CCC1. The highest BCUT2D eigenvalue weighted by Gasteiger charge is 2.34. The van der Waals surface area contributed by atoms with E-state index in [0.29, 0.717) is 6.04 Å². The first-order valence-corrected chi connectivity index (χ1v) is 7.06. The van der Waals surface area contributed by atoms with Crippen LogP contribution in [0.25, 0.3) is 0 Å². The Morgan fingerprint density at radius 2 is 2.12 bits per heavy atom. The molecule has 2 unspecified atom stereocenters. The highest BCUT2D eigenvalue weighted by atomic mass is 15.2. The molecule has 3 aliphatic rings. The van der Waals surface area contributed by atoms with E-state index in [-0.39, 0.29) is 0 Å². The predicted molar refractivity (Wildman–Crippen MR) is 67.5 cm³/mol. The number of likely N-dealkylation sites (tertiary alicyclic amines) is 1. The number of nitrogens with one attached hydrogen (secondary N) is 1. The molecular weight excluding hydrogens is 196 g/mol. The second kappa shape index (κ2) is 4.89. The standard InChI is InChI=1S/C14H24N2/c1-2-4-13(5-3-1)15-10-12-8-9-16(11-12)14-6-7-14/h2,4,12-15H,1,3,5-11H2. The molecule has 2 nitrogen and oxygen atoms in total. The molecular formula is C14H24N2. The van der Waals surface area contributed by atoms with Gasteiger partial charge in [-0.15, -0.1) is 0 Å². The summed E-state index contributed by atoms with van der Waals surface area (Å²) in [6, 6.07) is 1.64. The molecule has 0 aromatic carbocycles. The lowest BCUT2D eigenvalue weighted by molar-refractivity contribution is 0.310. The third kappa shape index (κ3) is 2.67. The quantitative estimate of drug-likeness (QED) is 0.731. The molecule has 0 spiro atoms. The Balaban J connectivity index is 1.38. The monoisotopic (exact) mass is 220 g/mol. The van der Waals surface area contributed by atoms with Crippen LogP contribution in [0.3, 0.4) is 0 Å². The van der Waals surface area contributed by atoms with E-state index in [2.05, 4.69) is 22.4 Å². The van der Waals surface area contributed by atoms with Gasteiger partial charge in [0.05, 0.1) is 0 Å². The van der Waals surface area contributed by atoms with Crippen molar-refractivity contribution in [3.05, 3.63) is 12.2 Å². The van der Waals surface area contributed by atoms with Crippen molar-refractivity contribution in [1.82, 2.24) is 10.2 Å². The average molecular weight is 220 g/mol. The summed E-state index contributed by atoms with van der Waals surface area (Å²) in [6.07, 6.45) is 13.1. The van der Waals surface area contributed by atoms with E-state index < -0.39 is 0 Å². The lowest BCUT2D eigenvalue weighted by atomic mass is 10.0. The van der Waals surface area contributed by atoms with Crippen molar-refractivity contribution >= 4 is 0 Å².